The summed E-state index contributed by atoms with van der Waals surface area (Å²) in [6, 6.07) is 10.2. The fourth-order valence-corrected chi connectivity index (χ4v) is 3.75. The highest BCUT2D eigenvalue weighted by atomic mass is 35.5. The number of ketones is 1. The van der Waals surface area contributed by atoms with Crippen LogP contribution in [0.1, 0.15) is 11.1 Å². The van der Waals surface area contributed by atoms with Crippen molar-refractivity contribution in [2.75, 3.05) is 0 Å². The van der Waals surface area contributed by atoms with Crippen molar-refractivity contribution in [2.24, 2.45) is 0 Å². The molecule has 0 amide bonds. The quantitative estimate of drug-likeness (QED) is 0.716. The third-order valence-corrected chi connectivity index (χ3v) is 5.40. The van der Waals surface area contributed by atoms with Crippen LogP contribution in [0.15, 0.2) is 76.2 Å². The van der Waals surface area contributed by atoms with E-state index >= 15 is 0 Å². The summed E-state index contributed by atoms with van der Waals surface area (Å²) >= 11 is 12.0. The topological polar surface area (TPSA) is 91.7 Å². The van der Waals surface area contributed by atoms with Crippen molar-refractivity contribution in [3.05, 3.63) is 87.4 Å². The monoisotopic (exact) mass is 422 g/mol. The second kappa shape index (κ2) is 7.32. The molecule has 0 bridgehead atoms. The summed E-state index contributed by atoms with van der Waals surface area (Å²) in [5.74, 6) is -0.526. The average Bonchev–Trinajstić information content (AvgIpc) is 2.61. The molecule has 27 heavy (non-hydrogen) atoms. The van der Waals surface area contributed by atoms with Crippen LogP contribution < -0.4 is 0 Å². The van der Waals surface area contributed by atoms with Crippen LogP contribution in [-0.2, 0) is 14.9 Å². The highest BCUT2D eigenvalue weighted by molar-refractivity contribution is 7.86. The molecule has 0 spiro atoms. The van der Waals surface area contributed by atoms with E-state index in [1.54, 1.807) is 6.07 Å². The van der Waals surface area contributed by atoms with Crippen molar-refractivity contribution in [3.8, 4) is 5.75 Å². The molecule has 138 valence electrons. The minimum absolute atomic E-state index is 0.0424. The van der Waals surface area contributed by atoms with Gasteiger partial charge in [0.05, 0.1) is 10.1 Å². The van der Waals surface area contributed by atoms with Crippen LogP contribution in [-0.4, -0.2) is 23.9 Å². The van der Waals surface area contributed by atoms with Gasteiger partial charge in [0.1, 0.15) is 10.6 Å². The van der Waals surface area contributed by atoms with Gasteiger partial charge in [-0.15, -0.1) is 0 Å². The zero-order valence-electron chi connectivity index (χ0n) is 13.6. The van der Waals surface area contributed by atoms with Crippen LogP contribution in [0.25, 0.3) is 5.57 Å². The minimum atomic E-state index is -4.53. The molecule has 0 aromatic heterocycles. The molecule has 0 heterocycles. The normalized spacial score (nSPS) is 16.3. The Morgan fingerprint density at radius 3 is 2.33 bits per heavy atom. The Bertz CT molecular complexity index is 1140. The van der Waals surface area contributed by atoms with Crippen molar-refractivity contribution < 1.29 is 22.9 Å². The number of allylic oxidation sites excluding steroid dienone is 5. The summed E-state index contributed by atoms with van der Waals surface area (Å²) < 4.78 is 33.4. The number of aromatic hydroxyl groups is 1. The Labute approximate surface area is 165 Å². The lowest BCUT2D eigenvalue weighted by Crippen LogP contribution is -2.06. The summed E-state index contributed by atoms with van der Waals surface area (Å²) in [7, 11) is -4.53. The van der Waals surface area contributed by atoms with Gasteiger partial charge in [-0.05, 0) is 47.1 Å². The number of rotatable bonds is 3. The van der Waals surface area contributed by atoms with Gasteiger partial charge in [-0.1, -0.05) is 53.5 Å². The maximum absolute atomic E-state index is 11.9. The SMILES string of the molecule is O=C1C=C/C(=C(/c2ccc(O)c(Cl)c2)c2ccccc2S(=O)(=O)O)C=C1Cl. The van der Waals surface area contributed by atoms with Gasteiger partial charge in [-0.2, -0.15) is 8.42 Å². The lowest BCUT2D eigenvalue weighted by Gasteiger charge is -2.17. The molecule has 0 saturated carbocycles. The largest absolute Gasteiger partial charge is 0.506 e. The van der Waals surface area contributed by atoms with E-state index in [0.717, 1.165) is 0 Å². The van der Waals surface area contributed by atoms with E-state index in [-0.39, 0.29) is 32.0 Å². The molecule has 2 aromatic carbocycles. The Kier molecular flexibility index (Phi) is 5.26. The van der Waals surface area contributed by atoms with E-state index in [0.29, 0.717) is 16.7 Å². The molecule has 0 radical (unpaired) electrons. The molecule has 0 saturated heterocycles. The number of carbonyl (C=O) groups excluding carboxylic acids is 1. The zero-order chi connectivity index (χ0) is 19.8. The summed E-state index contributed by atoms with van der Waals surface area (Å²) in [6.45, 7) is 0. The van der Waals surface area contributed by atoms with E-state index in [2.05, 4.69) is 0 Å². The van der Waals surface area contributed by atoms with Crippen LogP contribution in [0.2, 0.25) is 5.02 Å². The van der Waals surface area contributed by atoms with Crippen LogP contribution in [0.5, 0.6) is 5.75 Å². The maximum atomic E-state index is 11.9. The van der Waals surface area contributed by atoms with E-state index < -0.39 is 10.1 Å². The van der Waals surface area contributed by atoms with Crippen molar-refractivity contribution >= 4 is 44.7 Å². The molecule has 1 aliphatic rings. The second-order valence-electron chi connectivity index (χ2n) is 5.66. The van der Waals surface area contributed by atoms with Crippen molar-refractivity contribution in [1.82, 2.24) is 0 Å². The molecule has 2 N–H and O–H groups in total. The molecule has 2 aromatic rings. The smallest absolute Gasteiger partial charge is 0.295 e. The lowest BCUT2D eigenvalue weighted by molar-refractivity contribution is -0.110. The standard InChI is InChI=1S/C19H12Cl2O5S/c20-14-9-11(5-7-16(14)22)19(12-6-8-17(23)15(21)10-12)13-3-1-2-4-18(13)27(24,25)26/h1-10,22H,(H,24,25,26)/b19-12+. The van der Waals surface area contributed by atoms with Crippen LogP contribution in [0, 0.1) is 0 Å². The third kappa shape index (κ3) is 3.99. The van der Waals surface area contributed by atoms with E-state index in [1.807, 2.05) is 0 Å². The molecule has 0 aliphatic heterocycles. The van der Waals surface area contributed by atoms with E-state index in [9.17, 15) is 22.9 Å². The summed E-state index contributed by atoms with van der Waals surface area (Å²) in [4.78, 5) is 11.3. The Hall–Kier alpha value is -2.38. The predicted molar refractivity (Wildman–Crippen MR) is 103 cm³/mol. The van der Waals surface area contributed by atoms with Gasteiger partial charge in [-0.3, -0.25) is 9.35 Å². The average molecular weight is 423 g/mol. The maximum Gasteiger partial charge on any atom is 0.295 e. The highest BCUT2D eigenvalue weighted by Gasteiger charge is 2.22. The zero-order valence-corrected chi connectivity index (χ0v) is 15.9. The number of benzene rings is 2. The molecule has 0 unspecified atom stereocenters. The number of hydrogen-bond donors (Lipinski definition) is 2. The Morgan fingerprint density at radius 2 is 1.70 bits per heavy atom. The molecular weight excluding hydrogens is 411 g/mol. The summed E-state index contributed by atoms with van der Waals surface area (Å²) in [6.07, 6.45) is 4.15. The molecule has 0 atom stereocenters. The molecular formula is C19H12Cl2O5S. The Morgan fingerprint density at radius 1 is 1.00 bits per heavy atom. The van der Waals surface area contributed by atoms with Gasteiger partial charge < -0.3 is 5.11 Å². The molecule has 5 nitrogen and oxygen atoms in total. The van der Waals surface area contributed by atoms with E-state index in [1.165, 1.54) is 54.6 Å². The first kappa shape index (κ1) is 19.4. The fraction of sp³-hybridized carbons (Fsp3) is 0. The van der Waals surface area contributed by atoms with Gasteiger partial charge in [0.15, 0.2) is 5.78 Å². The van der Waals surface area contributed by atoms with Crippen molar-refractivity contribution in [3.63, 3.8) is 0 Å². The van der Waals surface area contributed by atoms with Crippen LogP contribution in [0.3, 0.4) is 0 Å². The lowest BCUT2D eigenvalue weighted by atomic mass is 9.91. The van der Waals surface area contributed by atoms with E-state index in [4.69, 9.17) is 23.2 Å². The van der Waals surface area contributed by atoms with Crippen molar-refractivity contribution in [1.29, 1.82) is 0 Å². The number of hydrogen-bond acceptors (Lipinski definition) is 4. The molecule has 1 aliphatic carbocycles. The van der Waals surface area contributed by atoms with Crippen molar-refractivity contribution in [2.45, 2.75) is 4.90 Å². The number of carbonyl (C=O) groups is 1. The second-order valence-corrected chi connectivity index (χ2v) is 7.86. The van der Waals surface area contributed by atoms with Crippen LogP contribution in [0.4, 0.5) is 0 Å². The van der Waals surface area contributed by atoms with Crippen LogP contribution >= 0.6 is 23.2 Å². The highest BCUT2D eigenvalue weighted by Crippen LogP contribution is 2.37. The van der Waals surface area contributed by atoms with Gasteiger partial charge in [-0.25, -0.2) is 0 Å². The minimum Gasteiger partial charge on any atom is -0.506 e. The van der Waals surface area contributed by atoms with Gasteiger partial charge >= 0.3 is 0 Å². The first-order chi connectivity index (χ1) is 12.7. The number of halogens is 2. The van der Waals surface area contributed by atoms with Gasteiger partial charge in [0, 0.05) is 5.56 Å². The Balaban J connectivity index is 2.40. The molecule has 3 rings (SSSR count). The fourth-order valence-electron chi connectivity index (χ4n) is 2.69. The number of phenols is 1. The third-order valence-electron chi connectivity index (χ3n) is 3.89. The molecule has 0 fully saturated rings. The summed E-state index contributed by atoms with van der Waals surface area (Å²) in [5, 5.41) is 9.71. The van der Waals surface area contributed by atoms with Gasteiger partial charge in [0.25, 0.3) is 10.1 Å². The number of phenolic OH excluding ortho intramolecular Hbond substituents is 1. The van der Waals surface area contributed by atoms with Gasteiger partial charge in [0.2, 0.25) is 0 Å². The summed E-state index contributed by atoms with van der Waals surface area (Å²) in [5.41, 5.74) is 1.46. The first-order valence-electron chi connectivity index (χ1n) is 7.58. The predicted octanol–water partition coefficient (Wildman–Crippen LogP) is 4.36. The first-order valence-corrected chi connectivity index (χ1v) is 9.78. The molecule has 8 heteroatoms.